The lowest BCUT2D eigenvalue weighted by Gasteiger charge is -2.07. The zero-order chi connectivity index (χ0) is 12.3. The Labute approximate surface area is 93.9 Å². The van der Waals surface area contributed by atoms with Crippen molar-refractivity contribution in [3.05, 3.63) is 27.1 Å². The average Bonchev–Trinajstić information content (AvgIpc) is 2.65. The van der Waals surface area contributed by atoms with Gasteiger partial charge in [0, 0.05) is 11.4 Å². The molecular formula is C8H8N2O5S. The van der Waals surface area contributed by atoms with Gasteiger partial charge in [0.2, 0.25) is 0 Å². The average molecular weight is 244 g/mol. The van der Waals surface area contributed by atoms with E-state index in [0.717, 1.165) is 17.4 Å². The molecule has 1 atom stereocenters. The van der Waals surface area contributed by atoms with Gasteiger partial charge in [-0.1, -0.05) is 11.3 Å². The van der Waals surface area contributed by atoms with E-state index in [1.807, 2.05) is 0 Å². The summed E-state index contributed by atoms with van der Waals surface area (Å²) in [4.78, 5) is 31.6. The molecule has 0 aliphatic heterocycles. The molecule has 1 aromatic heterocycles. The van der Waals surface area contributed by atoms with Crippen LogP contribution in [0.15, 0.2) is 11.4 Å². The zero-order valence-corrected chi connectivity index (χ0v) is 8.98. The van der Waals surface area contributed by atoms with Crippen molar-refractivity contribution in [3.63, 3.8) is 0 Å². The SMILES string of the molecule is C[C@@H](NC(=O)c1csc([N+](=O)[O-])c1)C(=O)O. The number of carboxylic acids is 1. The molecular weight excluding hydrogens is 236 g/mol. The standard InChI is InChI=1S/C8H8N2O5S/c1-4(8(12)13)9-7(11)5-2-6(10(14)15)16-3-5/h2-4H,1H3,(H,9,11)(H,12,13)/t4-/m1/s1. The fourth-order valence-corrected chi connectivity index (χ4v) is 1.59. The van der Waals surface area contributed by atoms with Crippen molar-refractivity contribution >= 4 is 28.2 Å². The largest absolute Gasteiger partial charge is 0.480 e. The van der Waals surface area contributed by atoms with Gasteiger partial charge in [-0.05, 0) is 6.92 Å². The molecule has 0 aliphatic carbocycles. The number of rotatable bonds is 4. The van der Waals surface area contributed by atoms with Gasteiger partial charge in [-0.2, -0.15) is 0 Å². The predicted octanol–water partition coefficient (Wildman–Crippen LogP) is 0.859. The molecule has 7 nitrogen and oxygen atoms in total. The fraction of sp³-hybridized carbons (Fsp3) is 0.250. The zero-order valence-electron chi connectivity index (χ0n) is 8.17. The van der Waals surface area contributed by atoms with Crippen LogP contribution in [0.4, 0.5) is 5.00 Å². The smallest absolute Gasteiger partial charge is 0.325 e. The highest BCUT2D eigenvalue weighted by Gasteiger charge is 2.18. The molecule has 0 aromatic carbocycles. The third kappa shape index (κ3) is 2.76. The summed E-state index contributed by atoms with van der Waals surface area (Å²) in [5.74, 6) is -1.81. The maximum absolute atomic E-state index is 11.4. The molecule has 1 heterocycles. The van der Waals surface area contributed by atoms with Crippen LogP contribution in [0.25, 0.3) is 0 Å². The van der Waals surface area contributed by atoms with E-state index < -0.39 is 22.8 Å². The van der Waals surface area contributed by atoms with Crippen molar-refractivity contribution in [1.82, 2.24) is 5.32 Å². The second kappa shape index (κ2) is 4.71. The Kier molecular flexibility index (Phi) is 3.56. The Bertz CT molecular complexity index is 441. The van der Waals surface area contributed by atoms with Gasteiger partial charge in [-0.3, -0.25) is 19.7 Å². The van der Waals surface area contributed by atoms with E-state index >= 15 is 0 Å². The second-order valence-corrected chi connectivity index (χ2v) is 3.85. The van der Waals surface area contributed by atoms with Crippen molar-refractivity contribution in [2.75, 3.05) is 0 Å². The normalized spacial score (nSPS) is 11.8. The van der Waals surface area contributed by atoms with Crippen LogP contribution < -0.4 is 5.32 Å². The molecule has 1 amide bonds. The lowest BCUT2D eigenvalue weighted by molar-refractivity contribution is -0.380. The minimum Gasteiger partial charge on any atom is -0.480 e. The quantitative estimate of drug-likeness (QED) is 0.603. The molecule has 1 aromatic rings. The monoisotopic (exact) mass is 244 g/mol. The van der Waals surface area contributed by atoms with E-state index in [1.165, 1.54) is 12.3 Å². The summed E-state index contributed by atoms with van der Waals surface area (Å²) >= 11 is 0.814. The maximum Gasteiger partial charge on any atom is 0.325 e. The van der Waals surface area contributed by atoms with Crippen molar-refractivity contribution in [3.8, 4) is 0 Å². The summed E-state index contributed by atoms with van der Waals surface area (Å²) in [6.07, 6.45) is 0. The molecule has 2 N–H and O–H groups in total. The van der Waals surface area contributed by atoms with E-state index in [4.69, 9.17) is 5.11 Å². The first-order valence-corrected chi connectivity index (χ1v) is 5.06. The van der Waals surface area contributed by atoms with Crippen LogP contribution in [0.3, 0.4) is 0 Å². The third-order valence-corrected chi connectivity index (χ3v) is 2.63. The fourth-order valence-electron chi connectivity index (χ4n) is 0.881. The van der Waals surface area contributed by atoms with Crippen molar-refractivity contribution < 1.29 is 19.6 Å². The Hall–Kier alpha value is -1.96. The Morgan fingerprint density at radius 2 is 2.25 bits per heavy atom. The second-order valence-electron chi connectivity index (χ2n) is 2.96. The van der Waals surface area contributed by atoms with Crippen LogP contribution in [-0.2, 0) is 4.79 Å². The van der Waals surface area contributed by atoms with E-state index in [9.17, 15) is 19.7 Å². The first-order valence-electron chi connectivity index (χ1n) is 4.18. The molecule has 86 valence electrons. The number of carbonyl (C=O) groups excluding carboxylic acids is 1. The van der Waals surface area contributed by atoms with Gasteiger partial charge in [0.25, 0.3) is 5.91 Å². The highest BCUT2D eigenvalue weighted by atomic mass is 32.1. The van der Waals surface area contributed by atoms with Gasteiger partial charge in [0.1, 0.15) is 6.04 Å². The maximum atomic E-state index is 11.4. The molecule has 0 saturated heterocycles. The van der Waals surface area contributed by atoms with Crippen molar-refractivity contribution in [2.45, 2.75) is 13.0 Å². The summed E-state index contributed by atoms with van der Waals surface area (Å²) in [6, 6.07) is 0.0700. The Balaban J connectivity index is 2.73. The van der Waals surface area contributed by atoms with Gasteiger partial charge in [-0.25, -0.2) is 0 Å². The van der Waals surface area contributed by atoms with E-state index in [1.54, 1.807) is 0 Å². The van der Waals surface area contributed by atoms with Gasteiger partial charge in [0.15, 0.2) is 0 Å². The van der Waals surface area contributed by atoms with E-state index in [-0.39, 0.29) is 10.6 Å². The van der Waals surface area contributed by atoms with Crippen LogP contribution in [0.2, 0.25) is 0 Å². The highest BCUT2D eigenvalue weighted by molar-refractivity contribution is 7.13. The number of nitro groups is 1. The lowest BCUT2D eigenvalue weighted by Crippen LogP contribution is -2.38. The predicted molar refractivity (Wildman–Crippen MR) is 55.5 cm³/mol. The van der Waals surface area contributed by atoms with Gasteiger partial charge >= 0.3 is 11.0 Å². The number of nitrogens with one attached hydrogen (secondary N) is 1. The number of aliphatic carboxylic acids is 1. The lowest BCUT2D eigenvalue weighted by atomic mass is 10.2. The van der Waals surface area contributed by atoms with Gasteiger partial charge in [-0.15, -0.1) is 0 Å². The minimum atomic E-state index is -1.17. The molecule has 0 saturated carbocycles. The molecule has 8 heteroatoms. The molecule has 1 rings (SSSR count). The molecule has 0 bridgehead atoms. The number of carboxylic acid groups (broad SMARTS) is 1. The number of carbonyl (C=O) groups is 2. The summed E-state index contributed by atoms with van der Waals surface area (Å²) in [7, 11) is 0. The molecule has 0 aliphatic rings. The minimum absolute atomic E-state index is 0.0878. The van der Waals surface area contributed by atoms with E-state index in [0.29, 0.717) is 0 Å². The highest BCUT2D eigenvalue weighted by Crippen LogP contribution is 2.22. The molecule has 0 spiro atoms. The number of amides is 1. The number of hydrogen-bond donors (Lipinski definition) is 2. The summed E-state index contributed by atoms with van der Waals surface area (Å²) in [5.41, 5.74) is 0.0878. The van der Waals surface area contributed by atoms with Crippen LogP contribution in [-0.4, -0.2) is 27.9 Å². The molecule has 0 radical (unpaired) electrons. The Morgan fingerprint density at radius 1 is 1.62 bits per heavy atom. The molecule has 0 fully saturated rings. The van der Waals surface area contributed by atoms with Gasteiger partial charge < -0.3 is 10.4 Å². The van der Waals surface area contributed by atoms with Crippen LogP contribution in [0.5, 0.6) is 0 Å². The number of thiophene rings is 1. The van der Waals surface area contributed by atoms with Crippen LogP contribution in [0, 0.1) is 10.1 Å². The van der Waals surface area contributed by atoms with E-state index in [2.05, 4.69) is 5.32 Å². The summed E-state index contributed by atoms with van der Waals surface area (Å²) in [5, 5.41) is 22.3. The van der Waals surface area contributed by atoms with Gasteiger partial charge in [0.05, 0.1) is 10.5 Å². The van der Waals surface area contributed by atoms with Crippen molar-refractivity contribution in [1.29, 1.82) is 0 Å². The number of hydrogen-bond acceptors (Lipinski definition) is 5. The summed E-state index contributed by atoms with van der Waals surface area (Å²) in [6.45, 7) is 1.31. The molecule has 16 heavy (non-hydrogen) atoms. The summed E-state index contributed by atoms with van der Waals surface area (Å²) < 4.78 is 0. The molecule has 0 unspecified atom stereocenters. The third-order valence-electron chi connectivity index (χ3n) is 1.75. The number of nitrogens with zero attached hydrogens (tertiary/aromatic N) is 1. The van der Waals surface area contributed by atoms with Crippen LogP contribution in [0.1, 0.15) is 17.3 Å². The van der Waals surface area contributed by atoms with Crippen molar-refractivity contribution in [2.24, 2.45) is 0 Å². The topological polar surface area (TPSA) is 110 Å². The Morgan fingerprint density at radius 3 is 2.69 bits per heavy atom. The first kappa shape index (κ1) is 12.1. The van der Waals surface area contributed by atoms with Crippen LogP contribution >= 0.6 is 11.3 Å². The first-order chi connectivity index (χ1) is 7.41.